The van der Waals surface area contributed by atoms with Crippen LogP contribution in [0.5, 0.6) is 0 Å². The van der Waals surface area contributed by atoms with E-state index in [0.29, 0.717) is 24.2 Å². The molecular weight excluding hydrogens is 296 g/mol. The second kappa shape index (κ2) is 7.64. The predicted octanol–water partition coefficient (Wildman–Crippen LogP) is 0.739. The van der Waals surface area contributed by atoms with Crippen molar-refractivity contribution in [1.29, 1.82) is 0 Å². The number of benzene rings is 1. The van der Waals surface area contributed by atoms with E-state index in [1.165, 1.54) is 0 Å². The Morgan fingerprint density at radius 2 is 1.78 bits per heavy atom. The maximum Gasteiger partial charge on any atom is 0.251 e. The number of methoxy groups -OCH3 is 1. The van der Waals surface area contributed by atoms with Crippen LogP contribution in [0.1, 0.15) is 21.7 Å². The maximum atomic E-state index is 12.1. The average molecular weight is 316 g/mol. The molecule has 0 saturated carbocycles. The number of rotatable bonds is 6. The van der Waals surface area contributed by atoms with Gasteiger partial charge in [0.15, 0.2) is 0 Å². The Labute approximate surface area is 134 Å². The van der Waals surface area contributed by atoms with E-state index in [9.17, 15) is 9.59 Å². The maximum absolute atomic E-state index is 12.1. The van der Waals surface area contributed by atoms with E-state index < -0.39 is 0 Å². The van der Waals surface area contributed by atoms with Crippen LogP contribution in [0.15, 0.2) is 18.2 Å². The summed E-state index contributed by atoms with van der Waals surface area (Å²) in [5.41, 5.74) is 3.53. The van der Waals surface area contributed by atoms with Crippen molar-refractivity contribution in [2.75, 3.05) is 26.8 Å². The molecule has 0 atom stereocenters. The van der Waals surface area contributed by atoms with Gasteiger partial charge in [0, 0.05) is 19.2 Å². The van der Waals surface area contributed by atoms with Crippen LogP contribution < -0.4 is 10.6 Å². The summed E-state index contributed by atoms with van der Waals surface area (Å²) in [4.78, 5) is 32.5. The molecule has 7 heteroatoms. The van der Waals surface area contributed by atoms with E-state index in [1.54, 1.807) is 25.3 Å². The minimum Gasteiger partial charge on any atom is -0.383 e. The van der Waals surface area contributed by atoms with Gasteiger partial charge in [-0.25, -0.2) is 9.97 Å². The highest BCUT2D eigenvalue weighted by molar-refractivity contribution is 5.98. The largest absolute Gasteiger partial charge is 0.383 e. The number of carbonyl (C=O) groups is 2. The highest BCUT2D eigenvalue weighted by Gasteiger charge is 2.10. The molecule has 0 saturated heterocycles. The zero-order valence-electron chi connectivity index (χ0n) is 13.5. The molecule has 2 amide bonds. The summed E-state index contributed by atoms with van der Waals surface area (Å²) in [5, 5.41) is 5.21. The lowest BCUT2D eigenvalue weighted by Crippen LogP contribution is -2.38. The number of nitrogens with zero attached hydrogens (tertiary/aromatic N) is 2. The van der Waals surface area contributed by atoms with Gasteiger partial charge in [0.2, 0.25) is 5.91 Å². The normalized spacial score (nSPS) is 10.6. The summed E-state index contributed by atoms with van der Waals surface area (Å²) in [6.45, 7) is 4.53. The van der Waals surface area contributed by atoms with E-state index in [2.05, 4.69) is 20.6 Å². The quantitative estimate of drug-likeness (QED) is 0.767. The third kappa shape index (κ3) is 4.46. The Morgan fingerprint density at radius 1 is 1.09 bits per heavy atom. The topological polar surface area (TPSA) is 93.2 Å². The molecule has 2 aromatic rings. The van der Waals surface area contributed by atoms with Gasteiger partial charge in [0.25, 0.3) is 5.91 Å². The average Bonchev–Trinajstić information content (AvgIpc) is 2.53. The van der Waals surface area contributed by atoms with Gasteiger partial charge in [-0.3, -0.25) is 9.59 Å². The molecule has 0 fully saturated rings. The van der Waals surface area contributed by atoms with Crippen molar-refractivity contribution in [2.24, 2.45) is 0 Å². The first-order valence-corrected chi connectivity index (χ1v) is 7.30. The number of fused-ring (bicyclic) bond motifs is 1. The molecule has 0 aliphatic heterocycles. The molecule has 1 heterocycles. The van der Waals surface area contributed by atoms with Crippen LogP contribution in [0.2, 0.25) is 0 Å². The van der Waals surface area contributed by atoms with Crippen molar-refractivity contribution < 1.29 is 14.3 Å². The molecular formula is C16H20N4O3. The number of hydrogen-bond donors (Lipinski definition) is 2. The van der Waals surface area contributed by atoms with Gasteiger partial charge in [-0.1, -0.05) is 0 Å². The van der Waals surface area contributed by atoms with E-state index >= 15 is 0 Å². The first-order valence-electron chi connectivity index (χ1n) is 7.30. The second-order valence-corrected chi connectivity index (χ2v) is 5.12. The van der Waals surface area contributed by atoms with Gasteiger partial charge in [-0.2, -0.15) is 0 Å². The van der Waals surface area contributed by atoms with Crippen LogP contribution in [-0.2, 0) is 9.53 Å². The van der Waals surface area contributed by atoms with Crippen LogP contribution in [-0.4, -0.2) is 48.6 Å². The van der Waals surface area contributed by atoms with Gasteiger partial charge in [0.05, 0.1) is 35.6 Å². The Bertz CT molecular complexity index is 731. The molecule has 0 spiro atoms. The summed E-state index contributed by atoms with van der Waals surface area (Å²) in [6, 6.07) is 5.10. The number of carbonyl (C=O) groups excluding carboxylic acids is 2. The van der Waals surface area contributed by atoms with E-state index in [-0.39, 0.29) is 18.4 Å². The molecule has 2 rings (SSSR count). The van der Waals surface area contributed by atoms with Crippen molar-refractivity contribution in [2.45, 2.75) is 13.8 Å². The van der Waals surface area contributed by atoms with E-state index in [0.717, 1.165) is 16.9 Å². The minimum absolute atomic E-state index is 0.0841. The first-order chi connectivity index (χ1) is 11.0. The summed E-state index contributed by atoms with van der Waals surface area (Å²) in [5.74, 6) is -0.587. The third-order valence-corrected chi connectivity index (χ3v) is 3.38. The summed E-state index contributed by atoms with van der Waals surface area (Å²) in [7, 11) is 1.56. The van der Waals surface area contributed by atoms with Crippen molar-refractivity contribution >= 4 is 22.8 Å². The smallest absolute Gasteiger partial charge is 0.251 e. The summed E-state index contributed by atoms with van der Waals surface area (Å²) < 4.78 is 4.83. The lowest BCUT2D eigenvalue weighted by atomic mass is 10.1. The monoisotopic (exact) mass is 316 g/mol. The molecule has 2 N–H and O–H groups in total. The van der Waals surface area contributed by atoms with Gasteiger partial charge < -0.3 is 15.4 Å². The minimum atomic E-state index is -0.325. The van der Waals surface area contributed by atoms with Crippen LogP contribution in [0, 0.1) is 13.8 Å². The third-order valence-electron chi connectivity index (χ3n) is 3.38. The zero-order valence-corrected chi connectivity index (χ0v) is 13.5. The fourth-order valence-corrected chi connectivity index (χ4v) is 1.99. The van der Waals surface area contributed by atoms with Gasteiger partial charge >= 0.3 is 0 Å². The summed E-state index contributed by atoms with van der Waals surface area (Å²) in [6.07, 6.45) is 0. The number of aromatic nitrogens is 2. The molecule has 1 aromatic carbocycles. The lowest BCUT2D eigenvalue weighted by Gasteiger charge is -2.08. The van der Waals surface area contributed by atoms with Crippen LogP contribution in [0.4, 0.5) is 0 Å². The van der Waals surface area contributed by atoms with Gasteiger partial charge in [-0.05, 0) is 32.0 Å². The number of nitrogens with one attached hydrogen (secondary N) is 2. The molecule has 23 heavy (non-hydrogen) atoms. The Morgan fingerprint density at radius 3 is 2.48 bits per heavy atom. The molecule has 0 aliphatic carbocycles. The SMILES string of the molecule is COCCNC(=O)CNC(=O)c1ccc2nc(C)c(C)nc2c1. The number of ether oxygens (including phenoxy) is 1. The van der Waals surface area contributed by atoms with Crippen molar-refractivity contribution in [3.63, 3.8) is 0 Å². The van der Waals surface area contributed by atoms with Gasteiger partial charge in [0.1, 0.15) is 0 Å². The van der Waals surface area contributed by atoms with Crippen molar-refractivity contribution in [1.82, 2.24) is 20.6 Å². The summed E-state index contributed by atoms with van der Waals surface area (Å²) >= 11 is 0. The number of amides is 2. The fraction of sp³-hybridized carbons (Fsp3) is 0.375. The van der Waals surface area contributed by atoms with Crippen molar-refractivity contribution in [3.05, 3.63) is 35.2 Å². The molecule has 1 aromatic heterocycles. The predicted molar refractivity (Wildman–Crippen MR) is 86.2 cm³/mol. The number of aryl methyl sites for hydroxylation is 2. The second-order valence-electron chi connectivity index (χ2n) is 5.12. The first kappa shape index (κ1) is 16.8. The zero-order chi connectivity index (χ0) is 16.8. The highest BCUT2D eigenvalue weighted by Crippen LogP contribution is 2.14. The van der Waals surface area contributed by atoms with Gasteiger partial charge in [-0.15, -0.1) is 0 Å². The fourth-order valence-electron chi connectivity index (χ4n) is 1.99. The van der Waals surface area contributed by atoms with E-state index in [1.807, 2.05) is 13.8 Å². The van der Waals surface area contributed by atoms with Crippen molar-refractivity contribution in [3.8, 4) is 0 Å². The van der Waals surface area contributed by atoms with Crippen LogP contribution in [0.25, 0.3) is 11.0 Å². The highest BCUT2D eigenvalue weighted by atomic mass is 16.5. The molecule has 0 radical (unpaired) electrons. The Hall–Kier alpha value is -2.54. The lowest BCUT2D eigenvalue weighted by molar-refractivity contribution is -0.120. The standard InChI is InChI=1S/C16H20N4O3/c1-10-11(2)20-14-8-12(4-5-13(14)19-10)16(22)18-9-15(21)17-6-7-23-3/h4-5,8H,6-7,9H2,1-3H3,(H,17,21)(H,18,22). The van der Waals surface area contributed by atoms with E-state index in [4.69, 9.17) is 4.74 Å². The molecule has 0 unspecified atom stereocenters. The molecule has 122 valence electrons. The Balaban J connectivity index is 2.01. The van der Waals surface area contributed by atoms with Crippen LogP contribution >= 0.6 is 0 Å². The number of hydrogen-bond acceptors (Lipinski definition) is 5. The molecule has 7 nitrogen and oxygen atoms in total. The Kier molecular flexibility index (Phi) is 5.59. The molecule has 0 aliphatic rings. The molecule has 0 bridgehead atoms. The van der Waals surface area contributed by atoms with Crippen LogP contribution in [0.3, 0.4) is 0 Å².